The third-order valence-corrected chi connectivity index (χ3v) is 14.2. The summed E-state index contributed by atoms with van der Waals surface area (Å²) in [7, 11) is -18.6. The topological polar surface area (TPSA) is 272 Å². The molecule has 2 heterocycles. The molecule has 0 fully saturated rings. The molecule has 0 spiro atoms. The summed E-state index contributed by atoms with van der Waals surface area (Å²) < 4.78 is 143. The van der Waals surface area contributed by atoms with Crippen molar-refractivity contribution in [3.05, 3.63) is 83.6 Å². The van der Waals surface area contributed by atoms with Gasteiger partial charge in [0.15, 0.2) is 5.71 Å². The van der Waals surface area contributed by atoms with Crippen LogP contribution in [0.3, 0.4) is 0 Å². The molecule has 2 aliphatic rings. The van der Waals surface area contributed by atoms with E-state index in [0.717, 1.165) is 5.70 Å². The summed E-state index contributed by atoms with van der Waals surface area (Å²) in [6.45, 7) is 6.41. The Kier molecular flexibility index (Phi) is 15.3. The fraction of sp³-hybridized carbons (Fsp3) is 0.487. The van der Waals surface area contributed by atoms with Crippen LogP contribution < -0.4 is 4.90 Å². The number of aliphatic carboxylic acids is 1. The summed E-state index contributed by atoms with van der Waals surface area (Å²) in [5.41, 5.74) is 1.87. The van der Waals surface area contributed by atoms with E-state index in [-0.39, 0.29) is 32.1 Å². The predicted molar refractivity (Wildman–Crippen MR) is 216 cm³/mol. The highest BCUT2D eigenvalue weighted by atomic mass is 32.2. The van der Waals surface area contributed by atoms with Gasteiger partial charge in [0.05, 0.1) is 35.4 Å². The largest absolute Gasteiger partial charge is 0.748 e. The molecule has 59 heavy (non-hydrogen) atoms. The number of carboxylic acids is 1. The molecule has 326 valence electrons. The molecular weight excluding hydrogens is 849 g/mol. The summed E-state index contributed by atoms with van der Waals surface area (Å²) in [4.78, 5) is 12.2. The maximum Gasteiger partial charge on any atom is 0.303 e. The van der Waals surface area contributed by atoms with Crippen molar-refractivity contribution < 1.29 is 66.4 Å². The van der Waals surface area contributed by atoms with Gasteiger partial charge in [0.1, 0.15) is 26.8 Å². The van der Waals surface area contributed by atoms with Crippen LogP contribution in [0.25, 0.3) is 0 Å². The second-order valence-corrected chi connectivity index (χ2v) is 21.0. The summed E-state index contributed by atoms with van der Waals surface area (Å²) >= 11 is 0. The number of carbonyl (C=O) groups is 1. The third kappa shape index (κ3) is 12.2. The second-order valence-electron chi connectivity index (χ2n) is 15.1. The number of carboxylic acid groups (broad SMARTS) is 1. The number of anilines is 1. The molecule has 0 saturated heterocycles. The van der Waals surface area contributed by atoms with Gasteiger partial charge in [-0.1, -0.05) is 31.1 Å². The molecule has 4 rings (SSSR count). The zero-order valence-corrected chi connectivity index (χ0v) is 36.3. The molecule has 0 saturated carbocycles. The van der Waals surface area contributed by atoms with E-state index in [0.29, 0.717) is 73.4 Å². The maximum atomic E-state index is 12.1. The zero-order valence-electron chi connectivity index (χ0n) is 33.0. The molecule has 2 aromatic rings. The first kappa shape index (κ1) is 47.9. The van der Waals surface area contributed by atoms with Crippen molar-refractivity contribution >= 4 is 63.5 Å². The molecular formula is C39H49N2O14S4-3. The molecule has 2 aliphatic heterocycles. The Labute approximate surface area is 347 Å². The number of nitrogens with zero attached hydrogens (tertiary/aromatic N) is 2. The SMILES string of the molecule is CCN1/C(=C/C=C/C=C/C2=[N+](CCCCCC(=O)O)c3ccc(S(=O)(=O)[O-])cc3C2(C)CCCCS(=O)(=O)[O-])C(C)(CCCCS(=O)(=O)[O-])c2cc(S(=O)(=O)[O-])ccc21. The molecule has 2 atom stereocenters. The lowest BCUT2D eigenvalue weighted by Gasteiger charge is -2.30. The van der Waals surface area contributed by atoms with Crippen LogP contribution in [0, 0.1) is 0 Å². The van der Waals surface area contributed by atoms with Crippen LogP contribution in [-0.2, 0) is 56.1 Å². The van der Waals surface area contributed by atoms with E-state index in [1.807, 2.05) is 36.3 Å². The number of rotatable bonds is 22. The van der Waals surface area contributed by atoms with E-state index in [4.69, 9.17) is 5.11 Å². The van der Waals surface area contributed by atoms with Crippen LogP contribution >= 0.6 is 0 Å². The van der Waals surface area contributed by atoms with Crippen LogP contribution in [0.15, 0.2) is 82.3 Å². The van der Waals surface area contributed by atoms with Gasteiger partial charge in [-0.2, -0.15) is 4.58 Å². The smallest absolute Gasteiger partial charge is 0.303 e. The van der Waals surface area contributed by atoms with Gasteiger partial charge in [-0.25, -0.2) is 33.7 Å². The monoisotopic (exact) mass is 897 g/mol. The molecule has 0 aliphatic carbocycles. The van der Waals surface area contributed by atoms with Gasteiger partial charge < -0.3 is 28.2 Å². The lowest BCUT2D eigenvalue weighted by molar-refractivity contribution is -0.438. The highest BCUT2D eigenvalue weighted by Gasteiger charge is 2.47. The molecule has 0 amide bonds. The molecule has 16 nitrogen and oxygen atoms in total. The first-order valence-electron chi connectivity index (χ1n) is 19.1. The van der Waals surface area contributed by atoms with E-state index in [9.17, 15) is 56.7 Å². The van der Waals surface area contributed by atoms with E-state index >= 15 is 0 Å². The standard InChI is InChI=1S/C39H52N2O14S4/c1-4-40-33-20-18-29(58(50,51)52)27-31(33)38(2,22-10-13-25-56(44,45)46)35(40)15-7-5-8-16-36-39(3,23-11-14-26-57(47,48)49)32-28-30(59(53,54)55)19-21-34(32)41(36)24-12-6-9-17-37(42)43/h5,7-8,15-16,18-21,27-28H,4,6,9-14,17,22-26H2,1-3H3,(H4-,42,43,44,45,46,47,48,49,50,51,52,53,54,55)/p-3. The van der Waals surface area contributed by atoms with Crippen molar-refractivity contribution in [3.63, 3.8) is 0 Å². The third-order valence-electron chi connectivity index (χ3n) is 11.0. The lowest BCUT2D eigenvalue weighted by Crippen LogP contribution is -2.31. The molecule has 0 bridgehead atoms. The number of allylic oxidation sites excluding steroid dienone is 6. The number of hydrogen-bond donors (Lipinski definition) is 1. The van der Waals surface area contributed by atoms with Crippen LogP contribution in [-0.4, -0.2) is 97.8 Å². The molecule has 1 N–H and O–H groups in total. The van der Waals surface area contributed by atoms with Crippen LogP contribution in [0.2, 0.25) is 0 Å². The summed E-state index contributed by atoms with van der Waals surface area (Å²) in [6, 6.07) is 8.18. The molecule has 0 radical (unpaired) electrons. The van der Waals surface area contributed by atoms with Crippen molar-refractivity contribution in [2.24, 2.45) is 0 Å². The van der Waals surface area contributed by atoms with Crippen molar-refractivity contribution in [1.29, 1.82) is 0 Å². The van der Waals surface area contributed by atoms with Crippen LogP contribution in [0.1, 0.15) is 96.1 Å². The number of benzene rings is 2. The number of likely N-dealkylation sites (N-methyl/N-ethyl adjacent to an activating group) is 1. The van der Waals surface area contributed by atoms with E-state index in [2.05, 4.69) is 0 Å². The summed E-state index contributed by atoms with van der Waals surface area (Å²) in [5, 5.41) is 9.11. The quantitative estimate of drug-likeness (QED) is 0.0725. The Morgan fingerprint density at radius 3 is 1.81 bits per heavy atom. The second kappa shape index (κ2) is 18.9. The minimum absolute atomic E-state index is 0.0149. The lowest BCUT2D eigenvalue weighted by atomic mass is 9.75. The average molecular weight is 898 g/mol. The first-order valence-corrected chi connectivity index (χ1v) is 25.1. The van der Waals surface area contributed by atoms with E-state index in [1.165, 1.54) is 30.3 Å². The van der Waals surface area contributed by atoms with E-state index < -0.39 is 78.6 Å². The predicted octanol–water partition coefficient (Wildman–Crippen LogP) is 4.72. The summed E-state index contributed by atoms with van der Waals surface area (Å²) in [5.74, 6) is -2.09. The highest BCUT2D eigenvalue weighted by molar-refractivity contribution is 7.86. The molecule has 2 unspecified atom stereocenters. The average Bonchev–Trinajstić information content (AvgIpc) is 3.50. The van der Waals surface area contributed by atoms with Crippen molar-refractivity contribution in [2.45, 2.75) is 106 Å². The normalized spacial score (nSPS) is 20.7. The minimum atomic E-state index is -4.86. The number of unbranched alkanes of at least 4 members (excludes halogenated alkanes) is 4. The van der Waals surface area contributed by atoms with Crippen molar-refractivity contribution in [3.8, 4) is 0 Å². The zero-order chi connectivity index (χ0) is 44.0. The Morgan fingerprint density at radius 1 is 0.712 bits per heavy atom. The van der Waals surface area contributed by atoms with E-state index in [1.54, 1.807) is 30.4 Å². The van der Waals surface area contributed by atoms with Gasteiger partial charge in [-0.15, -0.1) is 0 Å². The molecule has 0 aromatic heterocycles. The molecule has 2 aromatic carbocycles. The van der Waals surface area contributed by atoms with Crippen molar-refractivity contribution in [1.82, 2.24) is 0 Å². The summed E-state index contributed by atoms with van der Waals surface area (Å²) in [6.07, 6.45) is 11.6. The van der Waals surface area contributed by atoms with Gasteiger partial charge >= 0.3 is 5.97 Å². The molecule has 20 heteroatoms. The van der Waals surface area contributed by atoms with Gasteiger partial charge in [-0.3, -0.25) is 4.79 Å². The fourth-order valence-corrected chi connectivity index (χ4v) is 10.2. The van der Waals surface area contributed by atoms with Gasteiger partial charge in [-0.05, 0) is 101 Å². The van der Waals surface area contributed by atoms with Crippen LogP contribution in [0.4, 0.5) is 11.4 Å². The first-order chi connectivity index (χ1) is 27.3. The van der Waals surface area contributed by atoms with Gasteiger partial charge in [0, 0.05) is 65.4 Å². The minimum Gasteiger partial charge on any atom is -0.748 e. The van der Waals surface area contributed by atoms with Gasteiger partial charge in [0.2, 0.25) is 5.69 Å². The number of hydrogen-bond acceptors (Lipinski definition) is 14. The van der Waals surface area contributed by atoms with Gasteiger partial charge in [0.25, 0.3) is 0 Å². The Balaban J connectivity index is 1.78. The number of fused-ring (bicyclic) bond motifs is 2. The Hall–Kier alpha value is -3.76. The maximum absolute atomic E-state index is 12.1. The van der Waals surface area contributed by atoms with Crippen LogP contribution in [0.5, 0.6) is 0 Å². The Bertz CT molecular complexity index is 2490. The van der Waals surface area contributed by atoms with Crippen molar-refractivity contribution in [2.75, 3.05) is 29.5 Å². The Morgan fingerprint density at radius 2 is 1.27 bits per heavy atom. The highest BCUT2D eigenvalue weighted by Crippen LogP contribution is 2.51. The fourth-order valence-electron chi connectivity index (χ4n) is 8.08.